The van der Waals surface area contributed by atoms with Crippen molar-refractivity contribution in [3.05, 3.63) is 0 Å². The van der Waals surface area contributed by atoms with Crippen LogP contribution in [0.2, 0.25) is 0 Å². The molecule has 0 unspecified atom stereocenters. The summed E-state index contributed by atoms with van der Waals surface area (Å²) < 4.78 is 0. The van der Waals surface area contributed by atoms with Gasteiger partial charge in [0.25, 0.3) is 0 Å². The molecule has 0 aliphatic rings. The Balaban J connectivity index is -0.00000000306. The van der Waals surface area contributed by atoms with Gasteiger partial charge in [0.2, 0.25) is 0 Å². The normalized spacial score (nSPS) is 2.29. The first kappa shape index (κ1) is 131. The van der Waals surface area contributed by atoms with E-state index in [4.69, 9.17) is 0 Å². The molecule has 0 atom stereocenters. The van der Waals surface area contributed by atoms with Crippen molar-refractivity contribution in [2.75, 3.05) is 0 Å². The third-order valence-electron chi connectivity index (χ3n) is 0. The van der Waals surface area contributed by atoms with Gasteiger partial charge in [0.05, 0.1) is 0 Å². The van der Waals surface area contributed by atoms with Gasteiger partial charge in [0.15, 0.2) is 0 Å². The maximum atomic E-state index is 2.00. The minimum atomic E-state index is 0. The molecule has 0 amide bonds. The standard InChI is InChI=1S/8C2H6.5CH4/c8*1-2;;;;;/h8*1-2H3;5*1H4. The molecule has 0 aromatic carbocycles. The van der Waals surface area contributed by atoms with E-state index in [1.54, 1.807) is 0 Å². The summed E-state index contributed by atoms with van der Waals surface area (Å²) in [7, 11) is 0. The number of hydrogen-bond donors (Lipinski definition) is 0. The Morgan fingerprint density at radius 3 is 0.143 bits per heavy atom. The van der Waals surface area contributed by atoms with E-state index < -0.39 is 0 Å². The van der Waals surface area contributed by atoms with Crippen LogP contribution in [-0.2, 0) is 0 Å². The largest absolute Gasteiger partial charge is 0.0776 e. The molecule has 0 N–H and O–H groups in total. The van der Waals surface area contributed by atoms with Crippen LogP contribution in [0, 0.1) is 0 Å². The second-order valence-electron chi connectivity index (χ2n) is 0. The van der Waals surface area contributed by atoms with Gasteiger partial charge in [-0.05, 0) is 0 Å². The molecular formula is C21H68. The topological polar surface area (TPSA) is 0 Å². The van der Waals surface area contributed by atoms with Crippen LogP contribution in [0.4, 0.5) is 0 Å². The molecule has 0 aromatic rings. The van der Waals surface area contributed by atoms with Crippen molar-refractivity contribution in [3.63, 3.8) is 0 Å². The number of rotatable bonds is 0. The van der Waals surface area contributed by atoms with E-state index in [-0.39, 0.29) is 37.1 Å². The fourth-order valence-corrected chi connectivity index (χ4v) is 0. The van der Waals surface area contributed by atoms with Gasteiger partial charge in [-0.1, -0.05) is 148 Å². The quantitative estimate of drug-likeness (QED) is 0.416. The molecule has 0 fully saturated rings. The highest BCUT2D eigenvalue weighted by atomic mass is 13.0. The summed E-state index contributed by atoms with van der Waals surface area (Å²) in [6.07, 6.45) is 0. The van der Waals surface area contributed by atoms with Crippen LogP contribution in [0.5, 0.6) is 0 Å². The molecule has 0 saturated heterocycles. The molecule has 0 saturated carbocycles. The highest BCUT2D eigenvalue weighted by Crippen LogP contribution is 1.16. The summed E-state index contributed by atoms with van der Waals surface area (Å²) >= 11 is 0. The minimum absolute atomic E-state index is 0. The van der Waals surface area contributed by atoms with Crippen molar-refractivity contribution in [1.82, 2.24) is 0 Å². The molecule has 0 heterocycles. The Hall–Kier alpha value is 0. The van der Waals surface area contributed by atoms with Gasteiger partial charge in [-0.2, -0.15) is 0 Å². The van der Waals surface area contributed by atoms with Gasteiger partial charge >= 0.3 is 0 Å². The van der Waals surface area contributed by atoms with Crippen LogP contribution in [-0.4, -0.2) is 0 Å². The lowest BCUT2D eigenvalue weighted by Gasteiger charge is -1.07. The zero-order valence-corrected chi connectivity index (χ0v) is 16.0. The lowest BCUT2D eigenvalue weighted by Crippen LogP contribution is -0.856. The van der Waals surface area contributed by atoms with E-state index in [0.717, 1.165) is 0 Å². The maximum Gasteiger partial charge on any atom is -0.0683 e. The summed E-state index contributed by atoms with van der Waals surface area (Å²) in [5.41, 5.74) is 0. The zero-order chi connectivity index (χ0) is 16.0. The monoisotopic (exact) mass is 321 g/mol. The Bertz CT molecular complexity index is 0. The Labute approximate surface area is 148 Å². The summed E-state index contributed by atoms with van der Waals surface area (Å²) in [6.45, 7) is 32.0. The van der Waals surface area contributed by atoms with Crippen LogP contribution < -0.4 is 0 Å². The molecule has 0 aromatic heterocycles. The van der Waals surface area contributed by atoms with Crippen molar-refractivity contribution >= 4 is 0 Å². The predicted octanol–water partition coefficient (Wildman–Crippen LogP) is 11.4. The van der Waals surface area contributed by atoms with E-state index in [0.29, 0.717) is 0 Å². The lowest BCUT2D eigenvalue weighted by molar-refractivity contribution is 1.50. The van der Waals surface area contributed by atoms with E-state index >= 15 is 0 Å². The molecule has 21 heavy (non-hydrogen) atoms. The molecule has 0 radical (unpaired) electrons. The molecular weight excluding hydrogens is 252 g/mol. The maximum absolute atomic E-state index is 2.00. The second-order valence-corrected chi connectivity index (χ2v) is 0. The fourth-order valence-electron chi connectivity index (χ4n) is 0. The first-order chi connectivity index (χ1) is 8.00. The average molecular weight is 321 g/mol. The van der Waals surface area contributed by atoms with Crippen molar-refractivity contribution < 1.29 is 0 Å². The molecule has 0 aliphatic heterocycles. The summed E-state index contributed by atoms with van der Waals surface area (Å²) in [4.78, 5) is 0. The molecule has 0 heteroatoms. The van der Waals surface area contributed by atoms with Crippen LogP contribution in [0.3, 0.4) is 0 Å². The SMILES string of the molecule is C.C.C.C.C.CC.CC.CC.CC.CC.CC.CC.CC. The summed E-state index contributed by atoms with van der Waals surface area (Å²) in [5, 5.41) is 0. The molecule has 0 spiro atoms. The Kier molecular flexibility index (Phi) is 0. The molecule has 152 valence electrons. The molecule has 0 aliphatic carbocycles. The molecule has 0 nitrogen and oxygen atoms in total. The van der Waals surface area contributed by atoms with Crippen LogP contribution in [0.25, 0.3) is 0 Å². The lowest BCUT2D eigenvalue weighted by atomic mass is 11.0. The predicted molar refractivity (Wildman–Crippen MR) is 124 cm³/mol. The summed E-state index contributed by atoms with van der Waals surface area (Å²) in [5.74, 6) is 0. The first-order valence-corrected chi connectivity index (χ1v) is 8.00. The zero-order valence-electron chi connectivity index (χ0n) is 16.0. The average Bonchev–Trinajstić information content (AvgIpc) is 2.54. The summed E-state index contributed by atoms with van der Waals surface area (Å²) in [6, 6.07) is 0. The Morgan fingerprint density at radius 1 is 0.143 bits per heavy atom. The van der Waals surface area contributed by atoms with E-state index in [1.807, 2.05) is 111 Å². The van der Waals surface area contributed by atoms with Crippen molar-refractivity contribution in [2.45, 2.75) is 148 Å². The van der Waals surface area contributed by atoms with Crippen LogP contribution >= 0.6 is 0 Å². The van der Waals surface area contributed by atoms with Crippen molar-refractivity contribution in [3.8, 4) is 0 Å². The van der Waals surface area contributed by atoms with Crippen molar-refractivity contribution in [2.24, 2.45) is 0 Å². The minimum Gasteiger partial charge on any atom is -0.0776 e. The molecule has 0 bridgehead atoms. The third kappa shape index (κ3) is 0. The van der Waals surface area contributed by atoms with E-state index in [2.05, 4.69) is 0 Å². The van der Waals surface area contributed by atoms with E-state index in [1.165, 1.54) is 0 Å². The van der Waals surface area contributed by atoms with E-state index in [9.17, 15) is 0 Å². The van der Waals surface area contributed by atoms with Gasteiger partial charge < -0.3 is 0 Å². The van der Waals surface area contributed by atoms with Gasteiger partial charge in [-0.15, -0.1) is 0 Å². The smallest absolute Gasteiger partial charge is 0.0683 e. The van der Waals surface area contributed by atoms with Crippen LogP contribution in [0.15, 0.2) is 0 Å². The van der Waals surface area contributed by atoms with Crippen LogP contribution in [0.1, 0.15) is 148 Å². The fraction of sp³-hybridized carbons (Fsp3) is 1.00. The third-order valence-corrected chi connectivity index (χ3v) is 0. The van der Waals surface area contributed by atoms with Crippen molar-refractivity contribution in [1.29, 1.82) is 0 Å². The van der Waals surface area contributed by atoms with Gasteiger partial charge in [-0.3, -0.25) is 0 Å². The van der Waals surface area contributed by atoms with Gasteiger partial charge in [0, 0.05) is 0 Å². The van der Waals surface area contributed by atoms with Gasteiger partial charge in [-0.25, -0.2) is 0 Å². The highest BCUT2D eigenvalue weighted by molar-refractivity contribution is 3.52. The second kappa shape index (κ2) is 0. The molecule has 0 rings (SSSR count). The van der Waals surface area contributed by atoms with Gasteiger partial charge in [0.1, 0.15) is 0 Å². The number of hydrogen-bond acceptors (Lipinski definition) is 0. The highest BCUT2D eigenvalue weighted by Gasteiger charge is 0.946. The Morgan fingerprint density at radius 2 is 0.143 bits per heavy atom. The first-order valence-electron chi connectivity index (χ1n) is 8.00.